The molecule has 98 valence electrons. The minimum absolute atomic E-state index is 0.0764. The first-order chi connectivity index (χ1) is 7.88. The van der Waals surface area contributed by atoms with Gasteiger partial charge in [0.1, 0.15) is 0 Å². The number of aliphatic carboxylic acids is 2. The highest BCUT2D eigenvalue weighted by molar-refractivity contribution is 5.82. The second kappa shape index (κ2) is 6.88. The molecule has 0 aliphatic rings. The van der Waals surface area contributed by atoms with Gasteiger partial charge in [-0.1, -0.05) is 6.92 Å². The van der Waals surface area contributed by atoms with Crippen LogP contribution in [-0.2, 0) is 19.1 Å². The molecule has 1 unspecified atom stereocenters. The Morgan fingerprint density at radius 1 is 1.18 bits per heavy atom. The van der Waals surface area contributed by atoms with Crippen LogP contribution in [0.4, 0.5) is 0 Å². The number of esters is 1. The molecule has 17 heavy (non-hydrogen) atoms. The Balaban J connectivity index is 4.75. The van der Waals surface area contributed by atoms with Crippen LogP contribution in [0.5, 0.6) is 0 Å². The van der Waals surface area contributed by atoms with Gasteiger partial charge in [0, 0.05) is 6.42 Å². The second-order valence-corrected chi connectivity index (χ2v) is 3.81. The molecule has 0 rings (SSSR count). The SMILES string of the molecule is CCOC(=O)CC(CC)(CCC(=O)O)C(=O)O. The molecule has 6 nitrogen and oxygen atoms in total. The van der Waals surface area contributed by atoms with E-state index in [9.17, 15) is 14.4 Å². The maximum atomic E-state index is 11.3. The lowest BCUT2D eigenvalue weighted by Gasteiger charge is -2.26. The standard InChI is InChI=1S/C11H18O6/c1-3-11(10(15)16,6-5-8(12)13)7-9(14)17-4-2/h3-7H2,1-2H3,(H,12,13)(H,15,16). The van der Waals surface area contributed by atoms with Gasteiger partial charge in [0.05, 0.1) is 18.4 Å². The van der Waals surface area contributed by atoms with E-state index in [1.807, 2.05) is 0 Å². The Morgan fingerprint density at radius 2 is 1.76 bits per heavy atom. The third-order valence-electron chi connectivity index (χ3n) is 2.74. The second-order valence-electron chi connectivity index (χ2n) is 3.81. The predicted molar refractivity (Wildman–Crippen MR) is 58.5 cm³/mol. The summed E-state index contributed by atoms with van der Waals surface area (Å²) in [5.41, 5.74) is -1.34. The van der Waals surface area contributed by atoms with Crippen molar-refractivity contribution in [2.24, 2.45) is 5.41 Å². The zero-order valence-electron chi connectivity index (χ0n) is 10.1. The van der Waals surface area contributed by atoms with Crippen LogP contribution in [0, 0.1) is 5.41 Å². The molecule has 0 saturated heterocycles. The number of carbonyl (C=O) groups is 3. The fraction of sp³-hybridized carbons (Fsp3) is 0.727. The number of hydrogen-bond acceptors (Lipinski definition) is 4. The summed E-state index contributed by atoms with van der Waals surface area (Å²) in [5.74, 6) is -2.84. The molecule has 0 aliphatic carbocycles. The fourth-order valence-corrected chi connectivity index (χ4v) is 1.56. The van der Waals surface area contributed by atoms with Crippen LogP contribution < -0.4 is 0 Å². The molecule has 0 bridgehead atoms. The summed E-state index contributed by atoms with van der Waals surface area (Å²) in [6, 6.07) is 0. The lowest BCUT2D eigenvalue weighted by molar-refractivity contribution is -0.159. The summed E-state index contributed by atoms with van der Waals surface area (Å²) >= 11 is 0. The van der Waals surface area contributed by atoms with Gasteiger partial charge in [-0.15, -0.1) is 0 Å². The summed E-state index contributed by atoms with van der Waals surface area (Å²) in [6.07, 6.45) is -0.457. The summed E-state index contributed by atoms with van der Waals surface area (Å²) < 4.78 is 4.71. The van der Waals surface area contributed by atoms with Crippen molar-refractivity contribution >= 4 is 17.9 Å². The van der Waals surface area contributed by atoms with E-state index >= 15 is 0 Å². The molecule has 0 aromatic rings. The Hall–Kier alpha value is -1.59. The highest BCUT2D eigenvalue weighted by Gasteiger charge is 2.39. The third kappa shape index (κ3) is 4.84. The van der Waals surface area contributed by atoms with Gasteiger partial charge in [-0.2, -0.15) is 0 Å². The molecular formula is C11H18O6. The molecule has 0 aliphatic heterocycles. The summed E-state index contributed by atoms with van der Waals surface area (Å²) in [4.78, 5) is 33.0. The average molecular weight is 246 g/mol. The van der Waals surface area contributed by atoms with E-state index in [0.29, 0.717) is 0 Å². The van der Waals surface area contributed by atoms with Gasteiger partial charge in [0.25, 0.3) is 0 Å². The van der Waals surface area contributed by atoms with Gasteiger partial charge < -0.3 is 14.9 Å². The van der Waals surface area contributed by atoms with E-state index in [-0.39, 0.29) is 32.3 Å². The molecule has 0 amide bonds. The van der Waals surface area contributed by atoms with Crippen LogP contribution >= 0.6 is 0 Å². The van der Waals surface area contributed by atoms with Gasteiger partial charge >= 0.3 is 17.9 Å². The first-order valence-electron chi connectivity index (χ1n) is 5.48. The lowest BCUT2D eigenvalue weighted by atomic mass is 9.77. The summed E-state index contributed by atoms with van der Waals surface area (Å²) in [5, 5.41) is 17.7. The van der Waals surface area contributed by atoms with Crippen molar-refractivity contribution in [1.82, 2.24) is 0 Å². The molecule has 0 aromatic carbocycles. The van der Waals surface area contributed by atoms with E-state index < -0.39 is 23.3 Å². The molecule has 0 spiro atoms. The topological polar surface area (TPSA) is 101 Å². The minimum atomic E-state index is -1.34. The van der Waals surface area contributed by atoms with Gasteiger partial charge in [-0.05, 0) is 19.8 Å². The van der Waals surface area contributed by atoms with Crippen molar-refractivity contribution in [2.75, 3.05) is 6.61 Å². The largest absolute Gasteiger partial charge is 0.481 e. The Bertz CT molecular complexity index is 298. The monoisotopic (exact) mass is 246 g/mol. The molecule has 0 radical (unpaired) electrons. The number of carboxylic acid groups (broad SMARTS) is 2. The normalized spacial score (nSPS) is 13.8. The van der Waals surface area contributed by atoms with Gasteiger partial charge in [-0.3, -0.25) is 14.4 Å². The zero-order valence-corrected chi connectivity index (χ0v) is 10.1. The molecule has 6 heteroatoms. The molecule has 0 aromatic heterocycles. The van der Waals surface area contributed by atoms with Crippen molar-refractivity contribution in [1.29, 1.82) is 0 Å². The van der Waals surface area contributed by atoms with Gasteiger partial charge in [-0.25, -0.2) is 0 Å². The highest BCUT2D eigenvalue weighted by atomic mass is 16.5. The number of carboxylic acids is 2. The van der Waals surface area contributed by atoms with Gasteiger partial charge in [0.15, 0.2) is 0 Å². The van der Waals surface area contributed by atoms with Crippen molar-refractivity contribution in [2.45, 2.75) is 39.5 Å². The number of rotatable bonds is 8. The van der Waals surface area contributed by atoms with Crippen LogP contribution in [0.15, 0.2) is 0 Å². The molecule has 1 atom stereocenters. The summed E-state index contributed by atoms with van der Waals surface area (Å²) in [6.45, 7) is 3.43. The van der Waals surface area contributed by atoms with Crippen LogP contribution in [-0.4, -0.2) is 34.7 Å². The maximum Gasteiger partial charge on any atom is 0.310 e. The average Bonchev–Trinajstić information content (AvgIpc) is 2.24. The highest BCUT2D eigenvalue weighted by Crippen LogP contribution is 2.33. The van der Waals surface area contributed by atoms with E-state index in [1.165, 1.54) is 0 Å². The molecule has 2 N–H and O–H groups in total. The predicted octanol–water partition coefficient (Wildman–Crippen LogP) is 1.29. The van der Waals surface area contributed by atoms with Crippen LogP contribution in [0.1, 0.15) is 39.5 Å². The van der Waals surface area contributed by atoms with Gasteiger partial charge in [0.2, 0.25) is 0 Å². The first-order valence-corrected chi connectivity index (χ1v) is 5.48. The number of carbonyl (C=O) groups excluding carboxylic acids is 1. The van der Waals surface area contributed by atoms with Crippen LogP contribution in [0.2, 0.25) is 0 Å². The fourth-order valence-electron chi connectivity index (χ4n) is 1.56. The van der Waals surface area contributed by atoms with Crippen molar-refractivity contribution in [3.63, 3.8) is 0 Å². The Kier molecular flexibility index (Phi) is 6.23. The zero-order chi connectivity index (χ0) is 13.5. The Morgan fingerprint density at radius 3 is 2.12 bits per heavy atom. The number of ether oxygens (including phenoxy) is 1. The quantitative estimate of drug-likeness (QED) is 0.626. The smallest absolute Gasteiger partial charge is 0.310 e. The minimum Gasteiger partial charge on any atom is -0.481 e. The third-order valence-corrected chi connectivity index (χ3v) is 2.74. The van der Waals surface area contributed by atoms with E-state index in [0.717, 1.165) is 0 Å². The summed E-state index contributed by atoms with van der Waals surface area (Å²) in [7, 11) is 0. The van der Waals surface area contributed by atoms with Crippen LogP contribution in [0.25, 0.3) is 0 Å². The first kappa shape index (κ1) is 15.4. The van der Waals surface area contributed by atoms with E-state index in [1.54, 1.807) is 13.8 Å². The lowest BCUT2D eigenvalue weighted by Crippen LogP contribution is -2.34. The molecule has 0 heterocycles. The molecular weight excluding hydrogens is 228 g/mol. The maximum absolute atomic E-state index is 11.3. The molecule has 0 fully saturated rings. The van der Waals surface area contributed by atoms with Crippen LogP contribution in [0.3, 0.4) is 0 Å². The Labute approximate surface area is 99.6 Å². The van der Waals surface area contributed by atoms with Crippen molar-refractivity contribution in [3.05, 3.63) is 0 Å². The molecule has 0 saturated carbocycles. The van der Waals surface area contributed by atoms with E-state index in [2.05, 4.69) is 0 Å². The van der Waals surface area contributed by atoms with Crippen molar-refractivity contribution in [3.8, 4) is 0 Å². The van der Waals surface area contributed by atoms with Crippen molar-refractivity contribution < 1.29 is 29.3 Å². The number of hydrogen-bond donors (Lipinski definition) is 2. The van der Waals surface area contributed by atoms with E-state index in [4.69, 9.17) is 14.9 Å².